The molecule has 2 rings (SSSR count). The van der Waals surface area contributed by atoms with Gasteiger partial charge in [0.1, 0.15) is 12.1 Å². The highest BCUT2D eigenvalue weighted by molar-refractivity contribution is 7.51. The monoisotopic (exact) mass is 877 g/mol. The van der Waals surface area contributed by atoms with Gasteiger partial charge in [0.05, 0.1) is 84.6 Å². The Labute approximate surface area is 346 Å². The van der Waals surface area contributed by atoms with Crippen LogP contribution in [-0.4, -0.2) is 196 Å². The maximum absolute atomic E-state index is 12.8. The van der Waals surface area contributed by atoms with E-state index in [9.17, 15) is 47.7 Å². The molecule has 7 N–H and O–H groups in total. The van der Waals surface area contributed by atoms with Gasteiger partial charge in [-0.15, -0.1) is 0 Å². The number of carbonyl (C=O) groups excluding carboxylic acids is 9. The first kappa shape index (κ1) is 51.5. The minimum absolute atomic E-state index is 0.00669. The molecule has 2 aliphatic heterocycles. The molecule has 0 aliphatic carbocycles. The van der Waals surface area contributed by atoms with Crippen LogP contribution in [0.5, 0.6) is 0 Å². The third-order valence-corrected chi connectivity index (χ3v) is 9.24. The number of cyclic esters (lactones) is 1. The van der Waals surface area contributed by atoms with Gasteiger partial charge >= 0.3 is 13.6 Å². The Hall–Kier alpha value is -4.68. The van der Waals surface area contributed by atoms with Crippen LogP contribution >= 0.6 is 7.60 Å². The Morgan fingerprint density at radius 3 is 1.97 bits per heavy atom. The molecule has 25 heteroatoms. The molecule has 2 aliphatic rings. The predicted octanol–water partition coefficient (Wildman–Crippen LogP) is -4.52. The summed E-state index contributed by atoms with van der Waals surface area (Å²) in [4.78, 5) is 130. The van der Waals surface area contributed by atoms with Gasteiger partial charge in [-0.05, 0) is 14.0 Å². The third-order valence-electron chi connectivity index (χ3n) is 8.43. The van der Waals surface area contributed by atoms with Crippen LogP contribution in [0.4, 0.5) is 0 Å². The second-order valence-corrected chi connectivity index (χ2v) is 15.2. The lowest BCUT2D eigenvalue weighted by Crippen LogP contribution is -2.55. The summed E-state index contributed by atoms with van der Waals surface area (Å²) in [7, 11) is -2.76. The summed E-state index contributed by atoms with van der Waals surface area (Å²) in [5, 5.41) is 12.6. The van der Waals surface area contributed by atoms with E-state index >= 15 is 0 Å². The van der Waals surface area contributed by atoms with Crippen molar-refractivity contribution in [2.75, 3.05) is 105 Å². The van der Waals surface area contributed by atoms with Crippen molar-refractivity contribution in [1.82, 2.24) is 36.4 Å². The Morgan fingerprint density at radius 2 is 1.40 bits per heavy atom. The van der Waals surface area contributed by atoms with Gasteiger partial charge in [-0.2, -0.15) is 0 Å². The van der Waals surface area contributed by atoms with Crippen LogP contribution < -0.4 is 26.6 Å². The SMILES string of the molecule is CC(=O)[C@H](CC(=O)N[C@H]1CCOC1=O)NC(=O)CN(C)CCNC(=O)CCOCCOCCOCCOCCNC(=O)[C@H](CNC(=O)CCP(=O)(O)O)N1C(=O)C=CC1=O. The van der Waals surface area contributed by atoms with Crippen molar-refractivity contribution in [3.05, 3.63) is 12.2 Å². The number of nitrogens with one attached hydrogen (secondary N) is 5. The summed E-state index contributed by atoms with van der Waals surface area (Å²) in [6, 6.07) is -3.22. The van der Waals surface area contributed by atoms with Gasteiger partial charge in [0.2, 0.25) is 29.5 Å². The zero-order chi connectivity index (χ0) is 44.5. The summed E-state index contributed by atoms with van der Waals surface area (Å²) in [5.41, 5.74) is 0. The standard InChI is InChI=1S/C35H56N7O17P/c1-24(43)26(21-30(46)39-25-5-12-59-35(25)51)40-31(47)23-41(2)10-8-36-28(44)6-11-55-14-16-57-18-19-58-17-15-56-13-9-37-34(50)27(42-32(48)3-4-33(42)49)22-38-29(45)7-20-60(52,53)54/h3-4,25-27H,5-23H2,1-2H3,(H,36,44)(H,37,50)(H,38,45)(H,39,46)(H,40,47)(H2,52,53,54)/t25-,26-,27-/m0/s1. The Morgan fingerprint density at radius 1 is 0.817 bits per heavy atom. The number of imide groups is 1. The maximum Gasteiger partial charge on any atom is 0.328 e. The molecule has 3 atom stereocenters. The minimum Gasteiger partial charge on any atom is -0.464 e. The highest BCUT2D eigenvalue weighted by atomic mass is 31.2. The zero-order valence-electron chi connectivity index (χ0n) is 33.7. The van der Waals surface area contributed by atoms with Crippen molar-refractivity contribution in [2.24, 2.45) is 0 Å². The van der Waals surface area contributed by atoms with Gasteiger partial charge in [-0.1, -0.05) is 0 Å². The summed E-state index contributed by atoms with van der Waals surface area (Å²) in [6.07, 6.45) is 0.871. The second kappa shape index (κ2) is 28.0. The largest absolute Gasteiger partial charge is 0.464 e. The van der Waals surface area contributed by atoms with Crippen LogP contribution in [0.15, 0.2) is 12.2 Å². The number of hydrogen-bond donors (Lipinski definition) is 7. The fourth-order valence-corrected chi connectivity index (χ4v) is 5.75. The summed E-state index contributed by atoms with van der Waals surface area (Å²) < 4.78 is 37.4. The smallest absolute Gasteiger partial charge is 0.328 e. The van der Waals surface area contributed by atoms with E-state index in [1.807, 2.05) is 0 Å². The number of carbonyl (C=O) groups is 9. The molecule has 0 aromatic rings. The molecule has 0 spiro atoms. The first-order valence-corrected chi connectivity index (χ1v) is 20.9. The fourth-order valence-electron chi connectivity index (χ4n) is 5.26. The van der Waals surface area contributed by atoms with Gasteiger partial charge in [-0.3, -0.25) is 52.7 Å². The van der Waals surface area contributed by atoms with Gasteiger partial charge in [-0.25, -0.2) is 4.79 Å². The molecule has 0 radical (unpaired) electrons. The molecule has 7 amide bonds. The Bertz CT molecular complexity index is 1560. The molecule has 2 heterocycles. The number of rotatable bonds is 32. The first-order chi connectivity index (χ1) is 28.5. The van der Waals surface area contributed by atoms with E-state index in [4.69, 9.17) is 33.5 Å². The van der Waals surface area contributed by atoms with E-state index in [1.54, 1.807) is 11.9 Å². The number of hydrogen-bond acceptors (Lipinski definition) is 16. The van der Waals surface area contributed by atoms with Crippen molar-refractivity contribution in [2.45, 2.75) is 50.7 Å². The van der Waals surface area contributed by atoms with Crippen LogP contribution in [0.25, 0.3) is 0 Å². The van der Waals surface area contributed by atoms with Crippen molar-refractivity contribution < 1.29 is 81.2 Å². The Kier molecular flexibility index (Phi) is 24.0. The molecule has 24 nitrogen and oxygen atoms in total. The maximum atomic E-state index is 12.8. The third kappa shape index (κ3) is 22.1. The minimum atomic E-state index is -4.42. The molecule has 338 valence electrons. The topological polar surface area (TPSA) is 324 Å². The zero-order valence-corrected chi connectivity index (χ0v) is 34.6. The van der Waals surface area contributed by atoms with Crippen LogP contribution in [0.2, 0.25) is 0 Å². The molecule has 1 saturated heterocycles. The van der Waals surface area contributed by atoms with E-state index in [2.05, 4.69) is 26.6 Å². The molecule has 0 saturated carbocycles. The van der Waals surface area contributed by atoms with Crippen molar-refractivity contribution >= 4 is 60.7 Å². The van der Waals surface area contributed by atoms with Crippen molar-refractivity contribution in [3.8, 4) is 0 Å². The number of nitrogens with zero attached hydrogens (tertiary/aromatic N) is 2. The highest BCUT2D eigenvalue weighted by Gasteiger charge is 2.36. The highest BCUT2D eigenvalue weighted by Crippen LogP contribution is 2.34. The molecule has 60 heavy (non-hydrogen) atoms. The molecule has 0 aromatic carbocycles. The van der Waals surface area contributed by atoms with E-state index in [1.165, 1.54) is 6.92 Å². The quantitative estimate of drug-likeness (QED) is 0.0145. The summed E-state index contributed by atoms with van der Waals surface area (Å²) in [6.45, 7) is 3.19. The molecule has 0 unspecified atom stereocenters. The Balaban J connectivity index is 1.45. The molecular formula is C35H56N7O17P. The molecule has 0 bridgehead atoms. The number of likely N-dealkylation sites (N-methyl/N-ethyl adjacent to an activating group) is 1. The average Bonchev–Trinajstić information content (AvgIpc) is 3.73. The normalized spacial score (nSPS) is 16.1. The molecule has 0 aromatic heterocycles. The number of Topliss-reactive ketones (excluding diaryl/α,β-unsaturated/α-hetero) is 1. The van der Waals surface area contributed by atoms with Crippen LogP contribution in [0.3, 0.4) is 0 Å². The number of esters is 1. The van der Waals surface area contributed by atoms with Gasteiger partial charge < -0.3 is 60.1 Å². The van der Waals surface area contributed by atoms with Crippen LogP contribution in [0.1, 0.15) is 32.6 Å². The first-order valence-electron chi connectivity index (χ1n) is 19.1. The lowest BCUT2D eigenvalue weighted by molar-refractivity contribution is -0.145. The van der Waals surface area contributed by atoms with Gasteiger partial charge in [0.15, 0.2) is 5.78 Å². The van der Waals surface area contributed by atoms with Crippen molar-refractivity contribution in [1.29, 1.82) is 0 Å². The second-order valence-electron chi connectivity index (χ2n) is 13.4. The summed E-state index contributed by atoms with van der Waals surface area (Å²) >= 11 is 0. The molecule has 1 fully saturated rings. The van der Waals surface area contributed by atoms with E-state index < -0.39 is 92.0 Å². The predicted molar refractivity (Wildman–Crippen MR) is 205 cm³/mol. The number of ketones is 1. The average molecular weight is 878 g/mol. The fraction of sp³-hybridized carbons (Fsp3) is 0.686. The lowest BCUT2D eigenvalue weighted by atomic mass is 10.1. The van der Waals surface area contributed by atoms with E-state index in [0.29, 0.717) is 17.9 Å². The van der Waals surface area contributed by atoms with Gasteiger partial charge in [0.25, 0.3) is 11.8 Å². The van der Waals surface area contributed by atoms with E-state index in [-0.39, 0.29) is 97.8 Å². The van der Waals surface area contributed by atoms with E-state index in [0.717, 1.165) is 12.2 Å². The van der Waals surface area contributed by atoms with Crippen molar-refractivity contribution in [3.63, 3.8) is 0 Å². The van der Waals surface area contributed by atoms with Crippen LogP contribution in [0, 0.1) is 0 Å². The van der Waals surface area contributed by atoms with Crippen LogP contribution in [-0.2, 0) is 71.4 Å². The lowest BCUT2D eigenvalue weighted by Gasteiger charge is -2.25. The summed E-state index contributed by atoms with van der Waals surface area (Å²) in [5.74, 6) is -5.27. The number of amides is 7. The molecular weight excluding hydrogens is 821 g/mol. The number of ether oxygens (including phenoxy) is 5. The van der Waals surface area contributed by atoms with Gasteiger partial charge in [0, 0.05) is 57.6 Å².